The molecule has 0 saturated carbocycles. The Morgan fingerprint density at radius 1 is 1.50 bits per heavy atom. The second-order valence-corrected chi connectivity index (χ2v) is 2.69. The van der Waals surface area contributed by atoms with Gasteiger partial charge in [-0.1, -0.05) is 0 Å². The number of nitrogens with one attached hydrogen (secondary N) is 2. The molecule has 0 radical (unpaired) electrons. The number of amides is 3. The van der Waals surface area contributed by atoms with Crippen LogP contribution in [0.2, 0.25) is 0 Å². The molecule has 8 heteroatoms. The summed E-state index contributed by atoms with van der Waals surface area (Å²) in [6.07, 6.45) is 0. The van der Waals surface area contributed by atoms with Gasteiger partial charge in [-0.2, -0.15) is 18.1 Å². The molecular formula is C6H11N3O4S. The van der Waals surface area contributed by atoms with Gasteiger partial charge in [-0.05, 0) is 0 Å². The molecule has 0 unspecified atom stereocenters. The first-order chi connectivity index (χ1) is 6.47. The Kier molecular flexibility index (Phi) is 5.46. The Morgan fingerprint density at radius 2 is 2.07 bits per heavy atom. The lowest BCUT2D eigenvalue weighted by molar-refractivity contribution is -0.151. The molecule has 0 heterocycles. The number of carbonyl (C=O) groups is 3. The maximum absolute atomic E-state index is 11.1. The highest BCUT2D eigenvalue weighted by molar-refractivity contribution is 7.80. The van der Waals surface area contributed by atoms with Crippen molar-refractivity contribution < 1.29 is 19.2 Å². The number of thiol groups is 1. The molecule has 0 aliphatic carbocycles. The predicted octanol–water partition coefficient (Wildman–Crippen LogP) is -1.45. The average Bonchev–Trinajstić information content (AvgIpc) is 2.09. The normalized spacial score (nSPS) is 11.3. The van der Waals surface area contributed by atoms with E-state index < -0.39 is 23.9 Å². The number of primary amides is 1. The molecule has 0 saturated heterocycles. The summed E-state index contributed by atoms with van der Waals surface area (Å²) in [6, 6.07) is -1.92. The van der Waals surface area contributed by atoms with E-state index in [-0.39, 0.29) is 5.75 Å². The Morgan fingerprint density at radius 3 is 2.43 bits per heavy atom. The molecule has 0 rings (SSSR count). The van der Waals surface area contributed by atoms with Crippen molar-refractivity contribution in [1.82, 2.24) is 10.8 Å². The van der Waals surface area contributed by atoms with Crippen molar-refractivity contribution in [2.45, 2.75) is 13.0 Å². The van der Waals surface area contributed by atoms with E-state index in [1.165, 1.54) is 6.92 Å². The molecule has 0 aromatic heterocycles. The Balaban J connectivity index is 4.04. The highest BCUT2D eigenvalue weighted by Crippen LogP contribution is 1.91. The van der Waals surface area contributed by atoms with Gasteiger partial charge in [0.15, 0.2) is 0 Å². The van der Waals surface area contributed by atoms with Gasteiger partial charge < -0.3 is 15.9 Å². The van der Waals surface area contributed by atoms with Crippen LogP contribution in [0.4, 0.5) is 4.79 Å². The third kappa shape index (κ3) is 5.25. The van der Waals surface area contributed by atoms with Crippen LogP contribution in [0.15, 0.2) is 0 Å². The zero-order valence-electron chi connectivity index (χ0n) is 7.44. The van der Waals surface area contributed by atoms with Gasteiger partial charge in [0, 0.05) is 12.7 Å². The first kappa shape index (κ1) is 12.6. The van der Waals surface area contributed by atoms with Crippen LogP contribution in [0.1, 0.15) is 6.92 Å². The molecule has 0 spiro atoms. The predicted molar refractivity (Wildman–Crippen MR) is 50.3 cm³/mol. The van der Waals surface area contributed by atoms with Crippen molar-refractivity contribution in [3.8, 4) is 0 Å². The number of nitrogens with two attached hydrogens (primary N) is 1. The van der Waals surface area contributed by atoms with Crippen LogP contribution in [0.25, 0.3) is 0 Å². The van der Waals surface area contributed by atoms with E-state index >= 15 is 0 Å². The molecule has 4 N–H and O–H groups in total. The molecule has 0 aromatic rings. The minimum atomic E-state index is -1.00. The maximum Gasteiger partial charge on any atom is 0.355 e. The van der Waals surface area contributed by atoms with E-state index in [0.717, 1.165) is 0 Å². The fraction of sp³-hybridized carbons (Fsp3) is 0.500. The quantitative estimate of drug-likeness (QED) is 0.345. The largest absolute Gasteiger partial charge is 0.355 e. The van der Waals surface area contributed by atoms with Crippen molar-refractivity contribution in [1.29, 1.82) is 0 Å². The number of hydroxylamine groups is 1. The van der Waals surface area contributed by atoms with Crippen molar-refractivity contribution in [2.24, 2.45) is 5.73 Å². The third-order valence-corrected chi connectivity index (χ3v) is 1.46. The SMILES string of the molecule is CC(=O)N[C@@H](CS)C(=O)ONC(N)=O. The molecule has 0 aliphatic rings. The zero-order chi connectivity index (χ0) is 11.1. The lowest BCUT2D eigenvalue weighted by atomic mass is 10.3. The number of rotatable bonds is 3. The molecule has 14 heavy (non-hydrogen) atoms. The number of hydrogen-bond acceptors (Lipinski definition) is 5. The Bertz CT molecular complexity index is 245. The fourth-order valence-corrected chi connectivity index (χ4v) is 0.837. The van der Waals surface area contributed by atoms with E-state index in [2.05, 4.69) is 28.5 Å². The molecule has 7 nitrogen and oxygen atoms in total. The van der Waals surface area contributed by atoms with Gasteiger partial charge in [-0.15, -0.1) is 0 Å². The second-order valence-electron chi connectivity index (χ2n) is 2.32. The summed E-state index contributed by atoms with van der Waals surface area (Å²) < 4.78 is 0. The van der Waals surface area contributed by atoms with Crippen molar-refractivity contribution >= 4 is 30.5 Å². The van der Waals surface area contributed by atoms with Crippen LogP contribution < -0.4 is 16.5 Å². The van der Waals surface area contributed by atoms with Crippen molar-refractivity contribution in [2.75, 3.05) is 5.75 Å². The maximum atomic E-state index is 11.1. The summed E-state index contributed by atoms with van der Waals surface area (Å²) in [5, 5.41) is 2.27. The number of urea groups is 1. The third-order valence-electron chi connectivity index (χ3n) is 1.10. The lowest BCUT2D eigenvalue weighted by Gasteiger charge is -2.13. The molecule has 0 aromatic carbocycles. The molecule has 3 amide bonds. The summed E-state index contributed by atoms with van der Waals surface area (Å²) in [5.74, 6) is -1.19. The number of hydrogen-bond donors (Lipinski definition) is 4. The Hall–Kier alpha value is -1.44. The summed E-state index contributed by atoms with van der Waals surface area (Å²) in [4.78, 5) is 36.0. The van der Waals surface area contributed by atoms with Crippen LogP contribution in [-0.4, -0.2) is 29.7 Å². The van der Waals surface area contributed by atoms with Crippen LogP contribution in [0, 0.1) is 0 Å². The van der Waals surface area contributed by atoms with E-state index in [1.54, 1.807) is 5.48 Å². The smallest absolute Gasteiger partial charge is 0.349 e. The van der Waals surface area contributed by atoms with Crippen LogP contribution in [-0.2, 0) is 14.4 Å². The standard InChI is InChI=1S/C6H11N3O4S/c1-3(10)8-4(2-14)5(11)13-9-6(7)12/h4,14H,2H2,1H3,(H,8,10)(H3,7,9,12)/t4-/m0/s1. The highest BCUT2D eigenvalue weighted by Gasteiger charge is 2.19. The van der Waals surface area contributed by atoms with Gasteiger partial charge in [0.2, 0.25) is 5.91 Å². The number of carbonyl (C=O) groups excluding carboxylic acids is 3. The molecule has 0 aliphatic heterocycles. The lowest BCUT2D eigenvalue weighted by Crippen LogP contribution is -2.45. The molecule has 0 fully saturated rings. The monoisotopic (exact) mass is 221 g/mol. The summed E-state index contributed by atoms with van der Waals surface area (Å²) in [5.41, 5.74) is 6.29. The van der Waals surface area contributed by atoms with Gasteiger partial charge in [-0.25, -0.2) is 9.59 Å². The first-order valence-corrected chi connectivity index (χ1v) is 4.24. The zero-order valence-corrected chi connectivity index (χ0v) is 8.34. The summed E-state index contributed by atoms with van der Waals surface area (Å²) in [7, 11) is 0. The summed E-state index contributed by atoms with van der Waals surface area (Å²) >= 11 is 3.81. The second kappa shape index (κ2) is 6.08. The van der Waals surface area contributed by atoms with E-state index in [9.17, 15) is 14.4 Å². The summed E-state index contributed by atoms with van der Waals surface area (Å²) in [6.45, 7) is 1.24. The van der Waals surface area contributed by atoms with E-state index in [0.29, 0.717) is 0 Å². The fourth-order valence-electron chi connectivity index (χ4n) is 0.596. The van der Waals surface area contributed by atoms with Gasteiger partial charge in [0.1, 0.15) is 6.04 Å². The van der Waals surface area contributed by atoms with E-state index in [1.807, 2.05) is 0 Å². The van der Waals surface area contributed by atoms with Crippen molar-refractivity contribution in [3.63, 3.8) is 0 Å². The molecular weight excluding hydrogens is 210 g/mol. The topological polar surface area (TPSA) is 111 Å². The van der Waals surface area contributed by atoms with Crippen LogP contribution in [0.3, 0.4) is 0 Å². The van der Waals surface area contributed by atoms with Gasteiger partial charge in [0.05, 0.1) is 0 Å². The first-order valence-electron chi connectivity index (χ1n) is 3.61. The minimum absolute atomic E-state index is 0.0544. The van der Waals surface area contributed by atoms with Gasteiger partial charge in [-0.3, -0.25) is 4.79 Å². The highest BCUT2D eigenvalue weighted by atomic mass is 32.1. The van der Waals surface area contributed by atoms with Gasteiger partial charge >= 0.3 is 12.0 Å². The minimum Gasteiger partial charge on any atom is -0.349 e. The average molecular weight is 221 g/mol. The molecule has 1 atom stereocenters. The van der Waals surface area contributed by atoms with Crippen LogP contribution >= 0.6 is 12.6 Å². The molecule has 80 valence electrons. The van der Waals surface area contributed by atoms with Crippen LogP contribution in [0.5, 0.6) is 0 Å². The molecule has 0 bridgehead atoms. The van der Waals surface area contributed by atoms with E-state index in [4.69, 9.17) is 0 Å². The van der Waals surface area contributed by atoms with Gasteiger partial charge in [0.25, 0.3) is 0 Å². The Labute approximate surface area is 85.7 Å². The van der Waals surface area contributed by atoms with Crippen molar-refractivity contribution in [3.05, 3.63) is 0 Å².